The zero-order valence-electron chi connectivity index (χ0n) is 9.42. The van der Waals surface area contributed by atoms with Crippen LogP contribution in [0.3, 0.4) is 0 Å². The number of hydrogen-bond donors (Lipinski definition) is 1. The molecule has 1 N–H and O–H groups in total. The fraction of sp³-hybridized carbons (Fsp3) is 1.00. The molecule has 1 aliphatic rings. The molecule has 5 heteroatoms. The first kappa shape index (κ1) is 13.3. The summed E-state index contributed by atoms with van der Waals surface area (Å²) in [6.07, 6.45) is 4.05. The summed E-state index contributed by atoms with van der Waals surface area (Å²) in [6, 6.07) is 0.117. The van der Waals surface area contributed by atoms with Crippen LogP contribution in [0.25, 0.3) is 0 Å². The lowest BCUT2D eigenvalue weighted by molar-refractivity contribution is 0.218. The maximum absolute atomic E-state index is 11.5. The van der Waals surface area contributed by atoms with Crippen LogP contribution < -0.4 is 4.72 Å². The van der Waals surface area contributed by atoms with Crippen molar-refractivity contribution < 1.29 is 8.42 Å². The minimum Gasteiger partial charge on any atom is -0.212 e. The van der Waals surface area contributed by atoms with Gasteiger partial charge in [0.05, 0.1) is 5.75 Å². The van der Waals surface area contributed by atoms with Crippen LogP contribution >= 0.6 is 11.6 Å². The Bertz CT molecular complexity index is 291. The van der Waals surface area contributed by atoms with Crippen molar-refractivity contribution in [2.45, 2.75) is 45.6 Å². The van der Waals surface area contributed by atoms with E-state index in [0.717, 1.165) is 25.7 Å². The zero-order valence-corrected chi connectivity index (χ0v) is 11.0. The molecule has 0 radical (unpaired) electrons. The van der Waals surface area contributed by atoms with Crippen molar-refractivity contribution in [2.24, 2.45) is 5.41 Å². The molecular weight excluding hydrogens is 234 g/mol. The van der Waals surface area contributed by atoms with Gasteiger partial charge in [-0.05, 0) is 31.1 Å². The Morgan fingerprint density at radius 2 is 1.87 bits per heavy atom. The van der Waals surface area contributed by atoms with E-state index >= 15 is 0 Å². The van der Waals surface area contributed by atoms with Gasteiger partial charge in [-0.3, -0.25) is 0 Å². The number of sulfonamides is 1. The molecule has 1 fully saturated rings. The van der Waals surface area contributed by atoms with Crippen LogP contribution in [0.4, 0.5) is 0 Å². The first-order valence-corrected chi connectivity index (χ1v) is 7.59. The third-order valence-electron chi connectivity index (χ3n) is 3.03. The molecular formula is C10H20ClNO2S. The van der Waals surface area contributed by atoms with E-state index in [2.05, 4.69) is 18.6 Å². The summed E-state index contributed by atoms with van der Waals surface area (Å²) < 4.78 is 25.7. The van der Waals surface area contributed by atoms with E-state index in [9.17, 15) is 8.42 Å². The minimum absolute atomic E-state index is 0.0223. The lowest BCUT2D eigenvalue weighted by atomic mass is 9.76. The van der Waals surface area contributed by atoms with Gasteiger partial charge >= 0.3 is 0 Å². The quantitative estimate of drug-likeness (QED) is 0.780. The molecule has 0 bridgehead atoms. The highest BCUT2D eigenvalue weighted by molar-refractivity contribution is 7.89. The molecule has 0 aromatic heterocycles. The third-order valence-corrected chi connectivity index (χ3v) is 4.88. The summed E-state index contributed by atoms with van der Waals surface area (Å²) >= 11 is 5.43. The van der Waals surface area contributed by atoms with Gasteiger partial charge in [-0.1, -0.05) is 13.8 Å². The maximum atomic E-state index is 11.5. The second-order valence-electron chi connectivity index (χ2n) is 5.06. The molecule has 1 rings (SSSR count). The van der Waals surface area contributed by atoms with E-state index in [1.54, 1.807) is 0 Å². The Morgan fingerprint density at radius 1 is 1.33 bits per heavy atom. The van der Waals surface area contributed by atoms with Crippen LogP contribution in [-0.4, -0.2) is 26.1 Å². The van der Waals surface area contributed by atoms with Crippen LogP contribution in [0.1, 0.15) is 39.5 Å². The molecule has 0 unspecified atom stereocenters. The van der Waals surface area contributed by atoms with Crippen molar-refractivity contribution >= 4 is 21.6 Å². The lowest BCUT2D eigenvalue weighted by Gasteiger charge is -2.34. The van der Waals surface area contributed by atoms with Crippen molar-refractivity contribution in [2.75, 3.05) is 11.6 Å². The second kappa shape index (κ2) is 5.02. The first-order chi connectivity index (χ1) is 6.85. The van der Waals surface area contributed by atoms with Crippen LogP contribution in [0.5, 0.6) is 0 Å². The summed E-state index contributed by atoms with van der Waals surface area (Å²) in [6.45, 7) is 4.47. The number of alkyl halides is 1. The average Bonchev–Trinajstić information content (AvgIpc) is 2.08. The van der Waals surface area contributed by atoms with Crippen LogP contribution in [0.2, 0.25) is 0 Å². The van der Waals surface area contributed by atoms with Gasteiger partial charge in [0.1, 0.15) is 0 Å². The molecule has 0 amide bonds. The van der Waals surface area contributed by atoms with Gasteiger partial charge in [0.15, 0.2) is 0 Å². The number of nitrogens with one attached hydrogen (secondary N) is 1. The van der Waals surface area contributed by atoms with Crippen LogP contribution in [0.15, 0.2) is 0 Å². The lowest BCUT2D eigenvalue weighted by Crippen LogP contribution is -2.40. The number of hydrogen-bond acceptors (Lipinski definition) is 2. The summed E-state index contributed by atoms with van der Waals surface area (Å²) in [5.74, 6) is 0.183. The van der Waals surface area contributed by atoms with Gasteiger partial charge < -0.3 is 0 Å². The Kier molecular flexibility index (Phi) is 4.44. The van der Waals surface area contributed by atoms with E-state index < -0.39 is 10.0 Å². The molecule has 3 nitrogen and oxygen atoms in total. The third kappa shape index (κ3) is 4.70. The predicted octanol–water partition coefficient (Wildman–Crippen LogP) is 2.11. The standard InChI is InChI=1S/C10H20ClNO2S/c1-10(2)5-3-9(4-6-10)12-15(13,14)8-7-11/h9,12H,3-8H2,1-2H3. The SMILES string of the molecule is CC1(C)CCC(NS(=O)(=O)CCCl)CC1. The largest absolute Gasteiger partial charge is 0.213 e. The van der Waals surface area contributed by atoms with Crippen molar-refractivity contribution in [3.05, 3.63) is 0 Å². The average molecular weight is 254 g/mol. The fourth-order valence-electron chi connectivity index (χ4n) is 1.93. The molecule has 0 atom stereocenters. The second-order valence-corrected chi connectivity index (χ2v) is 7.32. The van der Waals surface area contributed by atoms with Gasteiger partial charge in [0.2, 0.25) is 10.0 Å². The van der Waals surface area contributed by atoms with Gasteiger partial charge in [0.25, 0.3) is 0 Å². The van der Waals surface area contributed by atoms with Gasteiger partial charge in [0, 0.05) is 11.9 Å². The van der Waals surface area contributed by atoms with Gasteiger partial charge in [-0.2, -0.15) is 0 Å². The van der Waals surface area contributed by atoms with Crippen molar-refractivity contribution in [1.29, 1.82) is 0 Å². The zero-order chi connectivity index (χ0) is 11.5. The summed E-state index contributed by atoms with van der Waals surface area (Å²) in [4.78, 5) is 0. The smallest absolute Gasteiger partial charge is 0.212 e. The fourth-order valence-corrected chi connectivity index (χ4v) is 3.61. The van der Waals surface area contributed by atoms with E-state index in [1.165, 1.54) is 0 Å². The summed E-state index contributed by atoms with van der Waals surface area (Å²) in [7, 11) is -3.15. The molecule has 90 valence electrons. The highest BCUT2D eigenvalue weighted by Crippen LogP contribution is 2.35. The van der Waals surface area contributed by atoms with E-state index in [1.807, 2.05) is 0 Å². The van der Waals surface area contributed by atoms with Gasteiger partial charge in [-0.25, -0.2) is 13.1 Å². The van der Waals surface area contributed by atoms with Crippen LogP contribution in [-0.2, 0) is 10.0 Å². The Balaban J connectivity index is 2.42. The first-order valence-electron chi connectivity index (χ1n) is 5.41. The highest BCUT2D eigenvalue weighted by Gasteiger charge is 2.28. The number of rotatable bonds is 4. The molecule has 0 aliphatic heterocycles. The van der Waals surface area contributed by atoms with Crippen molar-refractivity contribution in [3.63, 3.8) is 0 Å². The molecule has 15 heavy (non-hydrogen) atoms. The molecule has 1 aliphatic carbocycles. The molecule has 0 aromatic rings. The molecule has 0 heterocycles. The van der Waals surface area contributed by atoms with E-state index in [4.69, 9.17) is 11.6 Å². The normalized spacial score (nSPS) is 22.9. The van der Waals surface area contributed by atoms with E-state index in [0.29, 0.717) is 5.41 Å². The van der Waals surface area contributed by atoms with Crippen LogP contribution in [0, 0.1) is 5.41 Å². The van der Waals surface area contributed by atoms with Crippen molar-refractivity contribution in [3.8, 4) is 0 Å². The van der Waals surface area contributed by atoms with E-state index in [-0.39, 0.29) is 17.7 Å². The topological polar surface area (TPSA) is 46.2 Å². The Hall–Kier alpha value is 0.200. The summed E-state index contributed by atoms with van der Waals surface area (Å²) in [5.41, 5.74) is 0.369. The highest BCUT2D eigenvalue weighted by atomic mass is 35.5. The Labute approximate surface area is 97.6 Å². The summed E-state index contributed by atoms with van der Waals surface area (Å²) in [5, 5.41) is 0. The molecule has 0 spiro atoms. The monoisotopic (exact) mass is 253 g/mol. The Morgan fingerprint density at radius 3 is 2.33 bits per heavy atom. The van der Waals surface area contributed by atoms with Gasteiger partial charge in [-0.15, -0.1) is 11.6 Å². The minimum atomic E-state index is -3.15. The molecule has 0 aromatic carbocycles. The maximum Gasteiger partial charge on any atom is 0.213 e. The van der Waals surface area contributed by atoms with Crippen molar-refractivity contribution in [1.82, 2.24) is 4.72 Å². The molecule has 0 saturated heterocycles. The molecule has 1 saturated carbocycles. The predicted molar refractivity (Wildman–Crippen MR) is 63.7 cm³/mol. The number of halogens is 1.